The minimum absolute atomic E-state index is 0.206. The second-order valence-corrected chi connectivity index (χ2v) is 4.90. The van der Waals surface area contributed by atoms with E-state index in [1.54, 1.807) is 0 Å². The molecule has 1 aromatic rings. The number of hydrogen-bond acceptors (Lipinski definition) is 1. The minimum atomic E-state index is -0.340. The highest BCUT2D eigenvalue weighted by Gasteiger charge is 2.29. The van der Waals surface area contributed by atoms with Crippen LogP contribution < -0.4 is 0 Å². The Morgan fingerprint density at radius 3 is 2.62 bits per heavy atom. The van der Waals surface area contributed by atoms with Crippen LogP contribution >= 0.6 is 15.9 Å². The molecule has 0 bridgehead atoms. The number of aliphatic hydroxyl groups excluding tert-OH is 1. The zero-order chi connectivity index (χ0) is 9.42. The predicted octanol–water partition coefficient (Wildman–Crippen LogP) is 2.99. The Hall–Kier alpha value is -0.340. The number of benzene rings is 1. The summed E-state index contributed by atoms with van der Waals surface area (Å²) in [5, 5.41) is 9.90. The number of alkyl halides is 1. The van der Waals surface area contributed by atoms with Crippen LogP contribution in [-0.2, 0) is 0 Å². The summed E-state index contributed by atoms with van der Waals surface area (Å²) in [6, 6.07) is 8.16. The Morgan fingerprint density at radius 1 is 1.31 bits per heavy atom. The van der Waals surface area contributed by atoms with Crippen molar-refractivity contribution in [2.45, 2.75) is 30.2 Å². The fraction of sp³-hybridized carbons (Fsp3) is 0.455. The van der Waals surface area contributed by atoms with Crippen LogP contribution in [0.3, 0.4) is 0 Å². The molecule has 0 aromatic heterocycles. The van der Waals surface area contributed by atoms with Gasteiger partial charge in [-0.25, -0.2) is 0 Å². The number of halogens is 1. The average Bonchev–Trinajstić information content (AvgIpc) is 2.15. The zero-order valence-electron chi connectivity index (χ0n) is 7.57. The molecule has 13 heavy (non-hydrogen) atoms. The molecule has 0 fully saturated rings. The zero-order valence-corrected chi connectivity index (χ0v) is 9.16. The SMILES string of the molecule is CC1CC(Br)C(O)c2ccccc21. The Kier molecular flexibility index (Phi) is 2.43. The molecule has 70 valence electrons. The molecule has 0 radical (unpaired) electrons. The molecular formula is C11H13BrO. The molecule has 1 aliphatic rings. The van der Waals surface area contributed by atoms with Crippen molar-refractivity contribution in [2.75, 3.05) is 0 Å². The second-order valence-electron chi connectivity index (χ2n) is 3.73. The lowest BCUT2D eigenvalue weighted by Crippen LogP contribution is -2.22. The van der Waals surface area contributed by atoms with Gasteiger partial charge in [0, 0.05) is 4.83 Å². The summed E-state index contributed by atoms with van der Waals surface area (Å²) in [5.41, 5.74) is 2.38. The molecule has 3 atom stereocenters. The van der Waals surface area contributed by atoms with E-state index in [0.717, 1.165) is 12.0 Å². The molecule has 2 rings (SSSR count). The third kappa shape index (κ3) is 1.53. The van der Waals surface area contributed by atoms with Gasteiger partial charge in [-0.05, 0) is 23.5 Å². The van der Waals surface area contributed by atoms with Crippen LogP contribution in [0.1, 0.15) is 36.5 Å². The summed E-state index contributed by atoms with van der Waals surface area (Å²) in [7, 11) is 0. The van der Waals surface area contributed by atoms with Crippen molar-refractivity contribution < 1.29 is 5.11 Å². The molecule has 2 heteroatoms. The quantitative estimate of drug-likeness (QED) is 0.692. The predicted molar refractivity (Wildman–Crippen MR) is 57.1 cm³/mol. The van der Waals surface area contributed by atoms with Gasteiger partial charge in [0.2, 0.25) is 0 Å². The van der Waals surface area contributed by atoms with E-state index in [1.807, 2.05) is 18.2 Å². The highest BCUT2D eigenvalue weighted by molar-refractivity contribution is 9.09. The number of hydrogen-bond donors (Lipinski definition) is 1. The van der Waals surface area contributed by atoms with Gasteiger partial charge in [-0.2, -0.15) is 0 Å². The van der Waals surface area contributed by atoms with Gasteiger partial charge in [-0.15, -0.1) is 0 Å². The largest absolute Gasteiger partial charge is 0.387 e. The molecular weight excluding hydrogens is 228 g/mol. The Bertz CT molecular complexity index is 311. The van der Waals surface area contributed by atoms with Gasteiger partial charge in [0.15, 0.2) is 0 Å². The van der Waals surface area contributed by atoms with Crippen LogP contribution in [-0.4, -0.2) is 9.93 Å². The van der Waals surface area contributed by atoms with Gasteiger partial charge in [-0.1, -0.05) is 47.1 Å². The highest BCUT2D eigenvalue weighted by atomic mass is 79.9. The van der Waals surface area contributed by atoms with Crippen LogP contribution in [0.4, 0.5) is 0 Å². The minimum Gasteiger partial charge on any atom is -0.387 e. The van der Waals surface area contributed by atoms with Gasteiger partial charge in [0.25, 0.3) is 0 Å². The summed E-state index contributed by atoms with van der Waals surface area (Å²) in [4.78, 5) is 0.206. The highest BCUT2D eigenvalue weighted by Crippen LogP contribution is 2.40. The first-order chi connectivity index (χ1) is 6.20. The van der Waals surface area contributed by atoms with Crippen LogP contribution in [0.5, 0.6) is 0 Å². The van der Waals surface area contributed by atoms with E-state index >= 15 is 0 Å². The van der Waals surface area contributed by atoms with Gasteiger partial charge in [-0.3, -0.25) is 0 Å². The van der Waals surface area contributed by atoms with Crippen LogP contribution in [0.25, 0.3) is 0 Å². The molecule has 0 saturated carbocycles. The van der Waals surface area contributed by atoms with Crippen molar-refractivity contribution in [2.24, 2.45) is 0 Å². The molecule has 1 N–H and O–H groups in total. The fourth-order valence-electron chi connectivity index (χ4n) is 2.02. The molecule has 0 saturated heterocycles. The van der Waals surface area contributed by atoms with Crippen molar-refractivity contribution in [3.05, 3.63) is 35.4 Å². The van der Waals surface area contributed by atoms with Crippen LogP contribution in [0.2, 0.25) is 0 Å². The van der Waals surface area contributed by atoms with Gasteiger partial charge in [0.05, 0.1) is 6.10 Å². The molecule has 1 aliphatic carbocycles. The molecule has 1 aromatic carbocycles. The summed E-state index contributed by atoms with van der Waals surface area (Å²) in [5.74, 6) is 0.545. The Balaban J connectivity index is 2.47. The van der Waals surface area contributed by atoms with E-state index < -0.39 is 0 Å². The standard InChI is InChI=1S/C11H13BrO/c1-7-6-10(12)11(13)9-5-3-2-4-8(7)9/h2-5,7,10-11,13H,6H2,1H3. The Labute approximate surface area is 86.9 Å². The summed E-state index contributed by atoms with van der Waals surface area (Å²) in [6.07, 6.45) is 0.672. The smallest absolute Gasteiger partial charge is 0.0917 e. The molecule has 3 unspecified atom stereocenters. The van der Waals surface area contributed by atoms with E-state index in [1.165, 1.54) is 5.56 Å². The Morgan fingerprint density at radius 2 is 1.92 bits per heavy atom. The average molecular weight is 241 g/mol. The third-order valence-corrected chi connectivity index (χ3v) is 3.64. The normalized spacial score (nSPS) is 32.7. The van der Waals surface area contributed by atoms with E-state index in [0.29, 0.717) is 5.92 Å². The first kappa shape index (κ1) is 9.22. The first-order valence-electron chi connectivity index (χ1n) is 4.61. The molecule has 0 aliphatic heterocycles. The van der Waals surface area contributed by atoms with E-state index in [4.69, 9.17) is 0 Å². The number of fused-ring (bicyclic) bond motifs is 1. The first-order valence-corrected chi connectivity index (χ1v) is 5.52. The molecule has 1 nitrogen and oxygen atoms in total. The van der Waals surface area contributed by atoms with Crippen molar-refractivity contribution >= 4 is 15.9 Å². The van der Waals surface area contributed by atoms with Crippen LogP contribution in [0.15, 0.2) is 24.3 Å². The van der Waals surface area contributed by atoms with Crippen molar-refractivity contribution in [3.8, 4) is 0 Å². The topological polar surface area (TPSA) is 20.2 Å². The van der Waals surface area contributed by atoms with Crippen molar-refractivity contribution in [3.63, 3.8) is 0 Å². The monoisotopic (exact) mass is 240 g/mol. The lowest BCUT2D eigenvalue weighted by Gasteiger charge is -2.30. The van der Waals surface area contributed by atoms with Crippen molar-refractivity contribution in [1.29, 1.82) is 0 Å². The maximum Gasteiger partial charge on any atom is 0.0917 e. The third-order valence-electron chi connectivity index (χ3n) is 2.77. The van der Waals surface area contributed by atoms with E-state index in [2.05, 4.69) is 28.9 Å². The maximum atomic E-state index is 9.90. The molecule has 0 amide bonds. The number of aliphatic hydroxyl groups is 1. The van der Waals surface area contributed by atoms with E-state index in [9.17, 15) is 5.11 Å². The lowest BCUT2D eigenvalue weighted by molar-refractivity contribution is 0.161. The summed E-state index contributed by atoms with van der Waals surface area (Å²) >= 11 is 3.51. The maximum absolute atomic E-state index is 9.90. The number of rotatable bonds is 0. The second kappa shape index (κ2) is 3.43. The van der Waals surface area contributed by atoms with E-state index in [-0.39, 0.29) is 10.9 Å². The lowest BCUT2D eigenvalue weighted by atomic mass is 9.82. The van der Waals surface area contributed by atoms with Gasteiger partial charge < -0.3 is 5.11 Å². The van der Waals surface area contributed by atoms with Crippen molar-refractivity contribution in [1.82, 2.24) is 0 Å². The van der Waals surface area contributed by atoms with Crippen LogP contribution in [0, 0.1) is 0 Å². The van der Waals surface area contributed by atoms with Gasteiger partial charge >= 0.3 is 0 Å². The molecule has 0 heterocycles. The molecule has 0 spiro atoms. The summed E-state index contributed by atoms with van der Waals surface area (Å²) in [6.45, 7) is 2.21. The summed E-state index contributed by atoms with van der Waals surface area (Å²) < 4.78 is 0. The van der Waals surface area contributed by atoms with Gasteiger partial charge in [0.1, 0.15) is 0 Å². The fourth-order valence-corrected chi connectivity index (χ4v) is 2.86.